The van der Waals surface area contributed by atoms with E-state index in [0.29, 0.717) is 0 Å². The molecule has 0 fully saturated rings. The monoisotopic (exact) mass is 194 g/mol. The molecule has 0 amide bonds. The minimum atomic E-state index is 0. The molecule has 0 aliphatic heterocycles. The molecule has 0 unspecified atom stereocenters. The van der Waals surface area contributed by atoms with Gasteiger partial charge in [-0.25, -0.2) is 0 Å². The fourth-order valence-corrected chi connectivity index (χ4v) is 0. The molecule has 0 spiro atoms. The minimum Gasteiger partial charge on any atom is -0.358 e. The first kappa shape index (κ1) is 10.4. The predicted molar refractivity (Wildman–Crippen MR) is 31.5 cm³/mol. The Hall–Kier alpha value is 1.41. The van der Waals surface area contributed by atoms with Crippen LogP contribution in [0.2, 0.25) is 0 Å². The van der Waals surface area contributed by atoms with Gasteiger partial charge in [-0.2, -0.15) is 11.8 Å². The average Bonchev–Trinajstić information content (AvgIpc) is 1.38. The maximum absolute atomic E-state index is 4.55. The van der Waals surface area contributed by atoms with Gasteiger partial charge in [-0.1, -0.05) is 4.20 Å². The Bertz CT molecular complexity index is 44.1. The molecule has 0 aromatic rings. The van der Waals surface area contributed by atoms with Crippen molar-refractivity contribution in [1.82, 2.24) is 0 Å². The zero-order valence-corrected chi connectivity index (χ0v) is 8.07. The van der Waals surface area contributed by atoms with Gasteiger partial charge in [0.15, 0.2) is 0 Å². The number of rotatable bonds is 0. The second-order valence-electron chi connectivity index (χ2n) is 0.576. The SMILES string of the molecule is [CH2-]C(=S)SC.[Y]. The van der Waals surface area contributed by atoms with Gasteiger partial charge in [0, 0.05) is 32.7 Å². The van der Waals surface area contributed by atoms with Crippen LogP contribution in [0.25, 0.3) is 0 Å². The number of thiocarbonyl (C=S) groups is 1. The van der Waals surface area contributed by atoms with Crippen molar-refractivity contribution < 1.29 is 32.7 Å². The van der Waals surface area contributed by atoms with Crippen molar-refractivity contribution in [1.29, 1.82) is 0 Å². The van der Waals surface area contributed by atoms with E-state index in [0.717, 1.165) is 4.20 Å². The molecule has 0 atom stereocenters. The summed E-state index contributed by atoms with van der Waals surface area (Å²) in [5.74, 6) is 0. The largest absolute Gasteiger partial charge is 0.358 e. The summed E-state index contributed by atoms with van der Waals surface area (Å²) in [5.41, 5.74) is 0. The summed E-state index contributed by atoms with van der Waals surface area (Å²) in [7, 11) is 0. The summed E-state index contributed by atoms with van der Waals surface area (Å²) >= 11 is 6.05. The fourth-order valence-electron chi connectivity index (χ4n) is 0. The first-order valence-electron chi connectivity index (χ1n) is 1.17. The van der Waals surface area contributed by atoms with E-state index >= 15 is 0 Å². The van der Waals surface area contributed by atoms with Crippen LogP contribution >= 0.6 is 24.0 Å². The average molecular weight is 194 g/mol. The topological polar surface area (TPSA) is 0 Å². The molecule has 0 aromatic carbocycles. The first-order chi connectivity index (χ1) is 2.27. The third-order valence-electron chi connectivity index (χ3n) is 0.228. The zero-order valence-electron chi connectivity index (χ0n) is 3.60. The number of hydrogen-bond acceptors (Lipinski definition) is 2. The van der Waals surface area contributed by atoms with Crippen LogP contribution in [0.3, 0.4) is 0 Å². The Labute approximate surface area is 73.3 Å². The van der Waals surface area contributed by atoms with Crippen LogP contribution in [0.1, 0.15) is 0 Å². The van der Waals surface area contributed by atoms with Crippen molar-refractivity contribution >= 4 is 28.2 Å². The van der Waals surface area contributed by atoms with Gasteiger partial charge in [-0.05, 0) is 6.26 Å². The molecule has 33 valence electrons. The standard InChI is InChI=1S/C3H5S2.Y/c1-3(4)5-2;/h1H2,2H3;/q-1;. The molecular weight excluding hydrogens is 189 g/mol. The van der Waals surface area contributed by atoms with Gasteiger partial charge in [-0.15, -0.1) is 12.2 Å². The predicted octanol–water partition coefficient (Wildman–Crippen LogP) is 1.51. The van der Waals surface area contributed by atoms with Crippen LogP contribution in [0, 0.1) is 6.92 Å². The second-order valence-corrected chi connectivity index (χ2v) is 2.23. The van der Waals surface area contributed by atoms with E-state index in [4.69, 9.17) is 0 Å². The van der Waals surface area contributed by atoms with Gasteiger partial charge in [0.25, 0.3) is 0 Å². The third-order valence-corrected chi connectivity index (χ3v) is 1.18. The van der Waals surface area contributed by atoms with Gasteiger partial charge < -0.3 is 6.92 Å². The normalized spacial score (nSPS) is 6.17. The quantitative estimate of drug-likeness (QED) is 0.423. The molecule has 3 heteroatoms. The Kier molecular flexibility index (Phi) is 11.1. The first-order valence-corrected chi connectivity index (χ1v) is 2.80. The maximum atomic E-state index is 4.55. The fraction of sp³-hybridized carbons (Fsp3) is 0.333. The molecule has 0 N–H and O–H groups in total. The van der Waals surface area contributed by atoms with E-state index in [1.54, 1.807) is 0 Å². The third kappa shape index (κ3) is 9.05. The van der Waals surface area contributed by atoms with Crippen molar-refractivity contribution in [2.24, 2.45) is 0 Å². The van der Waals surface area contributed by atoms with Gasteiger partial charge in [0.2, 0.25) is 0 Å². The summed E-state index contributed by atoms with van der Waals surface area (Å²) in [5, 5.41) is 0. The molecule has 0 aliphatic rings. The Morgan fingerprint density at radius 2 is 2.00 bits per heavy atom. The molecule has 6 heavy (non-hydrogen) atoms. The van der Waals surface area contributed by atoms with Crippen molar-refractivity contribution in [2.45, 2.75) is 0 Å². The molecule has 0 aliphatic carbocycles. The summed E-state index contributed by atoms with van der Waals surface area (Å²) in [6, 6.07) is 0. The summed E-state index contributed by atoms with van der Waals surface area (Å²) in [6.45, 7) is 3.45. The Morgan fingerprint density at radius 1 is 1.83 bits per heavy atom. The van der Waals surface area contributed by atoms with E-state index in [9.17, 15) is 0 Å². The molecule has 0 aromatic heterocycles. The van der Waals surface area contributed by atoms with E-state index in [2.05, 4.69) is 19.1 Å². The van der Waals surface area contributed by atoms with Crippen molar-refractivity contribution in [3.8, 4) is 0 Å². The molecule has 0 nitrogen and oxygen atoms in total. The van der Waals surface area contributed by atoms with Crippen LogP contribution in [-0.4, -0.2) is 10.5 Å². The van der Waals surface area contributed by atoms with Crippen LogP contribution in [0.15, 0.2) is 0 Å². The van der Waals surface area contributed by atoms with Crippen molar-refractivity contribution in [2.75, 3.05) is 6.26 Å². The molecular formula is C3H5S2Y-. The van der Waals surface area contributed by atoms with Crippen molar-refractivity contribution in [3.63, 3.8) is 0 Å². The van der Waals surface area contributed by atoms with Crippen LogP contribution < -0.4 is 0 Å². The summed E-state index contributed by atoms with van der Waals surface area (Å²) < 4.78 is 0.755. The minimum absolute atomic E-state index is 0. The van der Waals surface area contributed by atoms with Crippen LogP contribution in [0.4, 0.5) is 0 Å². The molecule has 0 heterocycles. The van der Waals surface area contributed by atoms with Crippen molar-refractivity contribution in [3.05, 3.63) is 6.92 Å². The maximum Gasteiger partial charge on any atom is 0 e. The molecule has 1 radical (unpaired) electrons. The summed E-state index contributed by atoms with van der Waals surface area (Å²) in [4.78, 5) is 0. The van der Waals surface area contributed by atoms with Crippen LogP contribution in [-0.2, 0) is 32.7 Å². The second kappa shape index (κ2) is 6.41. The van der Waals surface area contributed by atoms with Crippen LogP contribution in [0.5, 0.6) is 0 Å². The van der Waals surface area contributed by atoms with Gasteiger partial charge in [-0.3, -0.25) is 0 Å². The van der Waals surface area contributed by atoms with E-state index in [-0.39, 0.29) is 32.7 Å². The van der Waals surface area contributed by atoms with E-state index < -0.39 is 0 Å². The van der Waals surface area contributed by atoms with E-state index in [1.807, 2.05) is 6.26 Å². The number of hydrogen-bond donors (Lipinski definition) is 0. The smallest absolute Gasteiger partial charge is 0 e. The molecule has 0 bridgehead atoms. The Morgan fingerprint density at radius 3 is 2.00 bits per heavy atom. The van der Waals surface area contributed by atoms with Gasteiger partial charge >= 0.3 is 0 Å². The Balaban J connectivity index is 0. The zero-order chi connectivity index (χ0) is 4.28. The molecule has 0 saturated heterocycles. The van der Waals surface area contributed by atoms with Gasteiger partial charge in [0.1, 0.15) is 0 Å². The molecule has 0 saturated carbocycles. The summed E-state index contributed by atoms with van der Waals surface area (Å²) in [6.07, 6.45) is 1.91. The molecule has 0 rings (SSSR count). The number of thioether (sulfide) groups is 1. The van der Waals surface area contributed by atoms with E-state index in [1.165, 1.54) is 11.8 Å². The van der Waals surface area contributed by atoms with Gasteiger partial charge in [0.05, 0.1) is 0 Å².